The summed E-state index contributed by atoms with van der Waals surface area (Å²) in [6.45, 7) is 3.95. The minimum absolute atomic E-state index is 0.0761. The molecule has 0 aromatic heterocycles. The maximum atomic E-state index is 13.4. The van der Waals surface area contributed by atoms with E-state index >= 15 is 0 Å². The number of carbonyl (C=O) groups excluding carboxylic acids is 6. The quantitative estimate of drug-likeness (QED) is 0.0406. The average Bonchev–Trinajstić information content (AvgIpc) is 3.25. The largest absolute Gasteiger partial charge is 0.324 e. The zero-order valence-electron chi connectivity index (χ0n) is 33.6. The number of azo groups is 2. The van der Waals surface area contributed by atoms with Crippen molar-refractivity contribution < 1.29 is 28.8 Å². The van der Waals surface area contributed by atoms with Crippen LogP contribution in [0, 0.1) is 0 Å². The van der Waals surface area contributed by atoms with Crippen molar-refractivity contribution in [3.05, 3.63) is 141 Å². The molecular formula is C44H37Cl5N8O6. The first-order valence-electron chi connectivity index (χ1n) is 18.8. The summed E-state index contributed by atoms with van der Waals surface area (Å²) in [4.78, 5) is 78.0. The van der Waals surface area contributed by atoms with Gasteiger partial charge in [-0.2, -0.15) is 20.5 Å². The molecular weight excluding hydrogens is 914 g/mol. The molecule has 14 nitrogen and oxygen atoms in total. The molecule has 0 saturated heterocycles. The van der Waals surface area contributed by atoms with Crippen LogP contribution in [0.2, 0.25) is 10.0 Å². The average molecular weight is 951 g/mol. The number of anilines is 4. The van der Waals surface area contributed by atoms with Gasteiger partial charge in [-0.05, 0) is 116 Å². The van der Waals surface area contributed by atoms with Crippen LogP contribution in [0.25, 0.3) is 0 Å². The van der Waals surface area contributed by atoms with Gasteiger partial charge < -0.3 is 21.3 Å². The molecule has 5 rings (SSSR count). The number of nitrogens with zero attached hydrogens (tertiary/aromatic N) is 4. The van der Waals surface area contributed by atoms with Gasteiger partial charge in [0.15, 0.2) is 11.6 Å². The highest BCUT2D eigenvalue weighted by atomic mass is 35.5. The molecule has 0 heterocycles. The van der Waals surface area contributed by atoms with E-state index < -0.39 is 52.7 Å². The number of ketones is 2. The van der Waals surface area contributed by atoms with E-state index in [-0.39, 0.29) is 43.9 Å². The number of halogens is 5. The second-order valence-electron chi connectivity index (χ2n) is 13.8. The number of rotatable bonds is 17. The summed E-state index contributed by atoms with van der Waals surface area (Å²) < 4.78 is 0. The van der Waals surface area contributed by atoms with Crippen molar-refractivity contribution in [1.82, 2.24) is 0 Å². The lowest BCUT2D eigenvalue weighted by Crippen LogP contribution is -2.32. The lowest BCUT2D eigenvalue weighted by Gasteiger charge is -2.17. The maximum absolute atomic E-state index is 13.4. The first-order chi connectivity index (χ1) is 30.1. The number of amides is 4. The molecule has 0 aliphatic carbocycles. The van der Waals surface area contributed by atoms with Crippen molar-refractivity contribution in [3.63, 3.8) is 0 Å². The number of nitrogens with one attached hydrogen (secondary N) is 4. The number of alkyl halides is 3. The second-order valence-corrected chi connectivity index (χ2v) is 15.8. The van der Waals surface area contributed by atoms with Crippen LogP contribution in [0.3, 0.4) is 0 Å². The van der Waals surface area contributed by atoms with E-state index in [0.29, 0.717) is 28.7 Å². The van der Waals surface area contributed by atoms with Gasteiger partial charge in [0.25, 0.3) is 23.6 Å². The highest BCUT2D eigenvalue weighted by Crippen LogP contribution is 2.32. The Hall–Kier alpha value is -6.03. The summed E-state index contributed by atoms with van der Waals surface area (Å²) in [5.74, 6) is -3.35. The summed E-state index contributed by atoms with van der Waals surface area (Å²) in [6, 6.07) is 23.5. The van der Waals surface area contributed by atoms with Crippen molar-refractivity contribution in [2.24, 2.45) is 20.5 Å². The van der Waals surface area contributed by atoms with Crippen LogP contribution in [0.4, 0.5) is 34.1 Å². The van der Waals surface area contributed by atoms with E-state index in [9.17, 15) is 28.8 Å². The van der Waals surface area contributed by atoms with Gasteiger partial charge in [0.1, 0.15) is 0 Å². The van der Waals surface area contributed by atoms with E-state index in [1.807, 2.05) is 0 Å². The lowest BCUT2D eigenvalue weighted by molar-refractivity contribution is -0.127. The Balaban J connectivity index is 1.26. The Bertz CT molecular complexity index is 2610. The summed E-state index contributed by atoms with van der Waals surface area (Å²) in [5, 5.41) is 26.3. The van der Waals surface area contributed by atoms with Crippen LogP contribution in [0.5, 0.6) is 0 Å². The molecule has 0 aliphatic heterocycles. The first kappa shape index (κ1) is 48.0. The molecule has 0 bridgehead atoms. The zero-order chi connectivity index (χ0) is 45.8. The topological polar surface area (TPSA) is 200 Å². The number of hydrogen-bond acceptors (Lipinski definition) is 10. The Kier molecular flexibility index (Phi) is 17.0. The van der Waals surface area contributed by atoms with Crippen molar-refractivity contribution in [2.45, 2.75) is 50.0 Å². The summed E-state index contributed by atoms with van der Waals surface area (Å²) in [5.41, 5.74) is 3.95. The molecule has 3 unspecified atom stereocenters. The van der Waals surface area contributed by atoms with Crippen molar-refractivity contribution in [1.29, 1.82) is 0 Å². The van der Waals surface area contributed by atoms with Crippen LogP contribution in [-0.4, -0.2) is 47.3 Å². The van der Waals surface area contributed by atoms with Gasteiger partial charge in [-0.15, -0.1) is 34.8 Å². The van der Waals surface area contributed by atoms with E-state index in [1.165, 1.54) is 68.4 Å². The molecule has 0 radical (unpaired) electrons. The van der Waals surface area contributed by atoms with Crippen LogP contribution in [-0.2, 0) is 30.9 Å². The Morgan fingerprint density at radius 3 is 1.35 bits per heavy atom. The molecule has 4 amide bonds. The molecule has 324 valence electrons. The molecule has 63 heavy (non-hydrogen) atoms. The van der Waals surface area contributed by atoms with Crippen molar-refractivity contribution in [2.75, 3.05) is 21.3 Å². The van der Waals surface area contributed by atoms with Crippen molar-refractivity contribution in [3.8, 4) is 0 Å². The van der Waals surface area contributed by atoms with E-state index in [0.717, 1.165) is 11.1 Å². The number of benzene rings is 5. The zero-order valence-corrected chi connectivity index (χ0v) is 37.4. The molecule has 5 aromatic carbocycles. The van der Waals surface area contributed by atoms with Gasteiger partial charge >= 0.3 is 0 Å². The maximum Gasteiger partial charge on any atom is 0.258 e. The van der Waals surface area contributed by atoms with Crippen LogP contribution in [0.1, 0.15) is 63.6 Å². The van der Waals surface area contributed by atoms with Crippen LogP contribution in [0.15, 0.2) is 124 Å². The SMILES string of the molecule is CC(=O)C(N=Nc1ccc(Cl)c(C(=O)Nc2ccc(CCl)cc2)c1)C(=O)Nc1ccc(NC(=O)C(N=Nc2ccc(Cl)c(C(=O)Nc3ccc(CCl)cc3)c2)C(C)=O)c(C(C)Cl)c1. The van der Waals surface area contributed by atoms with Gasteiger partial charge in [-0.1, -0.05) is 47.5 Å². The highest BCUT2D eigenvalue weighted by Gasteiger charge is 2.27. The summed E-state index contributed by atoms with van der Waals surface area (Å²) in [6.07, 6.45) is 0. The third-order valence-electron chi connectivity index (χ3n) is 8.97. The third kappa shape index (κ3) is 13.2. The number of Topliss-reactive ketones (excluding diaryl/α,β-unsaturated/α-hetero) is 2. The molecule has 19 heteroatoms. The van der Waals surface area contributed by atoms with Crippen LogP contribution >= 0.6 is 58.0 Å². The second kappa shape index (κ2) is 22.4. The number of carbonyl (C=O) groups is 6. The van der Waals surface area contributed by atoms with Gasteiger partial charge in [-0.25, -0.2) is 0 Å². The molecule has 0 spiro atoms. The molecule has 0 fully saturated rings. The standard InChI is InChI=1S/C44H37Cl5N8O6/c1-23(47)33-18-30(52-43(62)39(24(2)58)56-54-31-12-15-36(48)34(19-31)41(60)50-28-8-4-26(21-45)5-9-28)14-17-38(33)53-44(63)40(25(3)59)57-55-32-13-16-37(49)35(20-32)42(61)51-29-10-6-27(22-46)7-11-29/h4-20,23,39-40H,21-22H2,1-3H3,(H,50,60)(H,51,61)(H,52,62)(H,53,63). The van der Waals surface area contributed by atoms with Gasteiger partial charge in [0, 0.05) is 34.5 Å². The molecule has 0 aliphatic rings. The smallest absolute Gasteiger partial charge is 0.258 e. The Morgan fingerprint density at radius 2 is 0.952 bits per heavy atom. The monoisotopic (exact) mass is 948 g/mol. The number of hydrogen-bond donors (Lipinski definition) is 4. The van der Waals surface area contributed by atoms with E-state index in [1.54, 1.807) is 55.5 Å². The molecule has 3 atom stereocenters. The van der Waals surface area contributed by atoms with Gasteiger partial charge in [0.2, 0.25) is 12.1 Å². The lowest BCUT2D eigenvalue weighted by atomic mass is 10.1. The fourth-order valence-corrected chi connectivity index (χ4v) is 6.57. The van der Waals surface area contributed by atoms with Crippen molar-refractivity contribution >= 4 is 127 Å². The van der Waals surface area contributed by atoms with Gasteiger partial charge in [0.05, 0.1) is 37.9 Å². The fourth-order valence-electron chi connectivity index (χ4n) is 5.63. The third-order valence-corrected chi connectivity index (χ3v) is 10.5. The van der Waals surface area contributed by atoms with Crippen LogP contribution < -0.4 is 21.3 Å². The molecule has 0 saturated carbocycles. The highest BCUT2D eigenvalue weighted by molar-refractivity contribution is 6.35. The predicted molar refractivity (Wildman–Crippen MR) is 247 cm³/mol. The minimum Gasteiger partial charge on any atom is -0.324 e. The molecule has 4 N–H and O–H groups in total. The predicted octanol–water partition coefficient (Wildman–Crippen LogP) is 11.6. The Morgan fingerprint density at radius 1 is 0.540 bits per heavy atom. The minimum atomic E-state index is -1.60. The molecule has 5 aromatic rings. The van der Waals surface area contributed by atoms with E-state index in [4.69, 9.17) is 58.0 Å². The normalized spacial score (nSPS) is 12.6. The first-order valence-corrected chi connectivity index (χ1v) is 21.1. The Labute approximate surface area is 386 Å². The van der Waals surface area contributed by atoms with E-state index in [2.05, 4.69) is 41.7 Å². The fraction of sp³-hybridized carbons (Fsp3) is 0.182. The van der Waals surface area contributed by atoms with Gasteiger partial charge in [-0.3, -0.25) is 28.8 Å². The summed E-state index contributed by atoms with van der Waals surface area (Å²) >= 11 is 30.8. The summed E-state index contributed by atoms with van der Waals surface area (Å²) in [7, 11) is 0.